The van der Waals surface area contributed by atoms with Gasteiger partial charge in [-0.3, -0.25) is 14.5 Å². The van der Waals surface area contributed by atoms with Crippen molar-refractivity contribution in [3.8, 4) is 0 Å². The number of piperazine rings is 1. The van der Waals surface area contributed by atoms with Crippen LogP contribution >= 0.6 is 11.3 Å². The number of thiophene rings is 1. The fourth-order valence-corrected chi connectivity index (χ4v) is 4.12. The van der Waals surface area contributed by atoms with E-state index in [1.165, 1.54) is 4.88 Å². The third-order valence-corrected chi connectivity index (χ3v) is 5.89. The lowest BCUT2D eigenvalue weighted by atomic mass is 10.3. The van der Waals surface area contributed by atoms with E-state index < -0.39 is 0 Å². The van der Waals surface area contributed by atoms with Crippen LogP contribution in [0, 0.1) is 0 Å². The normalized spacial score (nSPS) is 15.1. The number of rotatable bonds is 7. The monoisotopic (exact) mass is 426 g/mol. The molecule has 0 aliphatic carbocycles. The highest BCUT2D eigenvalue weighted by atomic mass is 32.1. The molecule has 0 bridgehead atoms. The largest absolute Gasteiger partial charge is 0.469 e. The summed E-state index contributed by atoms with van der Waals surface area (Å²) in [5.41, 5.74) is 0.837. The van der Waals surface area contributed by atoms with Crippen molar-refractivity contribution in [1.29, 1.82) is 0 Å². The lowest BCUT2D eigenvalue weighted by Crippen LogP contribution is -2.55. The molecule has 4 heterocycles. The van der Waals surface area contributed by atoms with Crippen LogP contribution in [0.25, 0.3) is 0 Å². The molecule has 4 rings (SSSR count). The van der Waals surface area contributed by atoms with E-state index in [4.69, 9.17) is 9.41 Å². The molecule has 0 saturated carbocycles. The van der Waals surface area contributed by atoms with Gasteiger partial charge in [0.05, 0.1) is 18.1 Å². The smallest absolute Gasteiger partial charge is 0.246 e. The Labute approximate surface area is 179 Å². The molecule has 0 radical (unpaired) electrons. The number of carbonyl (C=O) groups excluding carboxylic acids is 1. The van der Waals surface area contributed by atoms with Crippen molar-refractivity contribution in [2.75, 3.05) is 37.6 Å². The molecule has 0 aromatic carbocycles. The standard InChI is InChI=1S/C21H26N6O2S/c1-25-15-17(14-24-25)27-11-10-26(16-20(27)28)21(22-8-6-18-4-2-12-29-18)23-9-7-19-5-3-13-30-19/h2-5,12-15H,6-11,16H2,1H3,(H,22,23). The van der Waals surface area contributed by atoms with E-state index in [9.17, 15) is 4.79 Å². The summed E-state index contributed by atoms with van der Waals surface area (Å²) in [6.07, 6.45) is 6.93. The van der Waals surface area contributed by atoms with Crippen LogP contribution in [-0.2, 0) is 24.7 Å². The lowest BCUT2D eigenvalue weighted by Gasteiger charge is -2.35. The van der Waals surface area contributed by atoms with Crippen molar-refractivity contribution < 1.29 is 9.21 Å². The summed E-state index contributed by atoms with van der Waals surface area (Å²) in [4.78, 5) is 22.7. The molecular formula is C21H26N6O2S. The molecule has 1 aliphatic heterocycles. The Bertz CT molecular complexity index is 964. The first-order chi connectivity index (χ1) is 14.7. The molecule has 3 aromatic rings. The minimum Gasteiger partial charge on any atom is -0.469 e. The number of aromatic nitrogens is 2. The van der Waals surface area contributed by atoms with Gasteiger partial charge in [-0.05, 0) is 23.6 Å². The average Bonchev–Trinajstić information content (AvgIpc) is 3.50. The van der Waals surface area contributed by atoms with Crippen LogP contribution in [0.15, 0.2) is 57.7 Å². The van der Waals surface area contributed by atoms with Gasteiger partial charge in [0.1, 0.15) is 12.3 Å². The maximum absolute atomic E-state index is 12.8. The number of nitrogens with zero attached hydrogens (tertiary/aromatic N) is 5. The summed E-state index contributed by atoms with van der Waals surface area (Å²) in [6, 6.07) is 8.04. The molecule has 9 heteroatoms. The van der Waals surface area contributed by atoms with E-state index in [0.717, 1.165) is 30.2 Å². The van der Waals surface area contributed by atoms with Crippen molar-refractivity contribution in [2.24, 2.45) is 12.0 Å². The summed E-state index contributed by atoms with van der Waals surface area (Å²) in [6.45, 7) is 2.99. The Morgan fingerprint density at radius 3 is 2.93 bits per heavy atom. The van der Waals surface area contributed by atoms with Gasteiger partial charge in [-0.1, -0.05) is 6.07 Å². The molecule has 1 N–H and O–H groups in total. The number of aliphatic imine (C=N–C) groups is 1. The first kappa shape index (κ1) is 20.2. The molecule has 3 aromatic heterocycles. The van der Waals surface area contributed by atoms with Crippen LogP contribution in [0.4, 0.5) is 5.69 Å². The highest BCUT2D eigenvalue weighted by Crippen LogP contribution is 2.16. The zero-order valence-corrected chi connectivity index (χ0v) is 17.8. The van der Waals surface area contributed by atoms with E-state index in [-0.39, 0.29) is 5.91 Å². The van der Waals surface area contributed by atoms with Gasteiger partial charge in [0.15, 0.2) is 5.96 Å². The number of guanidine groups is 1. The van der Waals surface area contributed by atoms with Crippen LogP contribution in [0.3, 0.4) is 0 Å². The predicted molar refractivity (Wildman–Crippen MR) is 118 cm³/mol. The van der Waals surface area contributed by atoms with Crippen molar-refractivity contribution in [3.63, 3.8) is 0 Å². The van der Waals surface area contributed by atoms with Crippen molar-refractivity contribution in [2.45, 2.75) is 12.8 Å². The number of nitrogens with one attached hydrogen (secondary N) is 1. The maximum atomic E-state index is 12.8. The number of aryl methyl sites for hydroxylation is 1. The number of furan rings is 1. The van der Waals surface area contributed by atoms with Crippen LogP contribution in [0.5, 0.6) is 0 Å². The molecule has 0 unspecified atom stereocenters. The van der Waals surface area contributed by atoms with Crippen LogP contribution < -0.4 is 10.2 Å². The molecular weight excluding hydrogens is 400 g/mol. The summed E-state index contributed by atoms with van der Waals surface area (Å²) in [7, 11) is 1.85. The van der Waals surface area contributed by atoms with Crippen LogP contribution in [0.2, 0.25) is 0 Å². The molecule has 1 saturated heterocycles. The number of anilines is 1. The summed E-state index contributed by atoms with van der Waals surface area (Å²) < 4.78 is 7.12. The van der Waals surface area contributed by atoms with E-state index in [1.54, 1.807) is 33.4 Å². The highest BCUT2D eigenvalue weighted by Gasteiger charge is 2.27. The molecule has 30 heavy (non-hydrogen) atoms. The van der Waals surface area contributed by atoms with Gasteiger partial charge < -0.3 is 19.5 Å². The second-order valence-corrected chi connectivity index (χ2v) is 8.16. The Morgan fingerprint density at radius 2 is 2.23 bits per heavy atom. The zero-order valence-electron chi connectivity index (χ0n) is 17.0. The number of hydrogen-bond donors (Lipinski definition) is 1. The molecule has 1 fully saturated rings. The summed E-state index contributed by atoms with van der Waals surface area (Å²) in [5, 5.41) is 9.68. The third-order valence-electron chi connectivity index (χ3n) is 4.96. The summed E-state index contributed by atoms with van der Waals surface area (Å²) >= 11 is 1.74. The molecule has 0 spiro atoms. The topological polar surface area (TPSA) is 78.9 Å². The number of hydrogen-bond acceptors (Lipinski definition) is 5. The molecule has 1 aliphatic rings. The van der Waals surface area contributed by atoms with Crippen molar-refractivity contribution >= 4 is 28.9 Å². The minimum atomic E-state index is 0.0491. The van der Waals surface area contributed by atoms with Crippen LogP contribution in [0.1, 0.15) is 10.6 Å². The van der Waals surface area contributed by atoms with Crippen molar-refractivity contribution in [3.05, 3.63) is 58.9 Å². The fraction of sp³-hybridized carbons (Fsp3) is 0.381. The van der Waals surface area contributed by atoms with Crippen LogP contribution in [-0.4, -0.2) is 59.3 Å². The fourth-order valence-electron chi connectivity index (χ4n) is 3.42. The quantitative estimate of drug-likeness (QED) is 0.463. The van der Waals surface area contributed by atoms with E-state index in [1.807, 2.05) is 30.3 Å². The first-order valence-electron chi connectivity index (χ1n) is 10.1. The van der Waals surface area contributed by atoms with Gasteiger partial charge in [-0.15, -0.1) is 11.3 Å². The third kappa shape index (κ3) is 5.10. The zero-order chi connectivity index (χ0) is 20.8. The van der Waals surface area contributed by atoms with Gasteiger partial charge in [0.2, 0.25) is 5.91 Å². The van der Waals surface area contributed by atoms with Gasteiger partial charge in [0.25, 0.3) is 0 Å². The SMILES string of the molecule is Cn1cc(N2CCN(C(=NCCc3cccs3)NCCc3ccco3)CC2=O)cn1. The highest BCUT2D eigenvalue weighted by molar-refractivity contribution is 7.09. The molecule has 158 valence electrons. The Balaban J connectivity index is 1.39. The van der Waals surface area contributed by atoms with Gasteiger partial charge >= 0.3 is 0 Å². The summed E-state index contributed by atoms with van der Waals surface area (Å²) in [5.74, 6) is 1.75. The van der Waals surface area contributed by atoms with Gasteiger partial charge in [-0.25, -0.2) is 0 Å². The first-order valence-corrected chi connectivity index (χ1v) is 10.9. The van der Waals surface area contributed by atoms with Gasteiger partial charge in [0, 0.05) is 57.1 Å². The Kier molecular flexibility index (Phi) is 6.48. The molecule has 1 amide bonds. The van der Waals surface area contributed by atoms with E-state index in [2.05, 4.69) is 27.9 Å². The second-order valence-electron chi connectivity index (χ2n) is 7.13. The van der Waals surface area contributed by atoms with E-state index in [0.29, 0.717) is 32.7 Å². The molecule has 0 atom stereocenters. The molecule has 8 nitrogen and oxygen atoms in total. The Hall–Kier alpha value is -3.07. The van der Waals surface area contributed by atoms with Crippen molar-refractivity contribution in [1.82, 2.24) is 20.0 Å². The Morgan fingerprint density at radius 1 is 1.30 bits per heavy atom. The second kappa shape index (κ2) is 9.62. The average molecular weight is 427 g/mol. The number of amides is 1. The van der Waals surface area contributed by atoms with Gasteiger partial charge in [-0.2, -0.15) is 5.10 Å². The minimum absolute atomic E-state index is 0.0491. The lowest BCUT2D eigenvalue weighted by molar-refractivity contribution is -0.120. The van der Waals surface area contributed by atoms with E-state index >= 15 is 0 Å². The number of carbonyl (C=O) groups is 1. The predicted octanol–water partition coefficient (Wildman–Crippen LogP) is 2.15. The maximum Gasteiger partial charge on any atom is 0.246 e.